The van der Waals surface area contributed by atoms with Gasteiger partial charge in [-0.3, -0.25) is 4.37 Å². The summed E-state index contributed by atoms with van der Waals surface area (Å²) < 4.78 is 2.54. The zero-order valence-electron chi connectivity index (χ0n) is 6.15. The summed E-state index contributed by atoms with van der Waals surface area (Å²) in [6, 6.07) is 9.61. The summed E-state index contributed by atoms with van der Waals surface area (Å²) in [5.41, 5.74) is 0.694. The number of rotatable bonds is 1. The highest BCUT2D eigenvalue weighted by Gasteiger charge is 2.00. The van der Waals surface area contributed by atoms with Crippen LogP contribution < -0.4 is 5.69 Å². The number of aromatic nitrogens is 2. The van der Waals surface area contributed by atoms with E-state index in [4.69, 9.17) is 0 Å². The molecule has 0 fully saturated rings. The van der Waals surface area contributed by atoms with Crippen molar-refractivity contribution in [3.05, 3.63) is 40.8 Å². The molecule has 0 aliphatic heterocycles. The molecule has 0 aliphatic rings. The third kappa shape index (κ3) is 1.29. The van der Waals surface area contributed by atoms with Crippen molar-refractivity contribution in [2.24, 2.45) is 0 Å². The number of benzene rings is 1. The maximum Gasteiger partial charge on any atom is 0.355 e. The van der Waals surface area contributed by atoms with Gasteiger partial charge in [0.1, 0.15) is 5.01 Å². The number of hydrogen-bond acceptors (Lipinski definition) is 3. The molecule has 3 nitrogen and oxygen atoms in total. The normalized spacial score (nSPS) is 10.0. The molecule has 4 heteroatoms. The number of H-pyrrole nitrogens is 1. The molecule has 0 saturated heterocycles. The van der Waals surface area contributed by atoms with E-state index in [1.165, 1.54) is 11.5 Å². The monoisotopic (exact) mass is 178 g/mol. The fourth-order valence-electron chi connectivity index (χ4n) is 0.934. The van der Waals surface area contributed by atoms with Crippen molar-refractivity contribution in [3.63, 3.8) is 0 Å². The SMILES string of the molecule is O=c1nc(-c2ccccc2)s[nH]1. The Morgan fingerprint density at radius 1 is 1.25 bits per heavy atom. The van der Waals surface area contributed by atoms with Gasteiger partial charge in [-0.05, 0) is 11.5 Å². The molecule has 1 aromatic heterocycles. The minimum atomic E-state index is -0.279. The van der Waals surface area contributed by atoms with E-state index in [2.05, 4.69) is 9.36 Å². The van der Waals surface area contributed by atoms with Crippen molar-refractivity contribution >= 4 is 11.5 Å². The average Bonchev–Trinajstić information content (AvgIpc) is 2.54. The summed E-state index contributed by atoms with van der Waals surface area (Å²) in [6.45, 7) is 0. The van der Waals surface area contributed by atoms with Gasteiger partial charge in [0.25, 0.3) is 0 Å². The highest BCUT2D eigenvalue weighted by Crippen LogP contribution is 2.16. The lowest BCUT2D eigenvalue weighted by Gasteiger charge is -1.90. The standard InChI is InChI=1S/C8H6N2OS/c11-8-9-7(12-10-8)6-4-2-1-3-5-6/h1-5H,(H,10,11). The van der Waals surface area contributed by atoms with E-state index in [1.54, 1.807) is 0 Å². The van der Waals surface area contributed by atoms with Crippen molar-refractivity contribution in [2.75, 3.05) is 0 Å². The highest BCUT2D eigenvalue weighted by atomic mass is 32.1. The van der Waals surface area contributed by atoms with E-state index in [9.17, 15) is 4.79 Å². The second-order valence-corrected chi connectivity index (χ2v) is 3.09. The van der Waals surface area contributed by atoms with Crippen LogP contribution in [0.4, 0.5) is 0 Å². The van der Waals surface area contributed by atoms with Gasteiger partial charge in [0.05, 0.1) is 0 Å². The van der Waals surface area contributed by atoms with E-state index in [1.807, 2.05) is 30.3 Å². The van der Waals surface area contributed by atoms with Crippen molar-refractivity contribution in [2.45, 2.75) is 0 Å². The van der Waals surface area contributed by atoms with Gasteiger partial charge in [-0.1, -0.05) is 30.3 Å². The quantitative estimate of drug-likeness (QED) is 0.719. The van der Waals surface area contributed by atoms with Crippen LogP contribution in [0.25, 0.3) is 10.6 Å². The van der Waals surface area contributed by atoms with E-state index >= 15 is 0 Å². The van der Waals surface area contributed by atoms with Crippen LogP contribution in [-0.2, 0) is 0 Å². The second kappa shape index (κ2) is 2.91. The largest absolute Gasteiger partial charge is 0.355 e. The number of aromatic amines is 1. The topological polar surface area (TPSA) is 45.8 Å². The smallest absolute Gasteiger partial charge is 0.259 e. The molecule has 1 aromatic carbocycles. The summed E-state index contributed by atoms with van der Waals surface area (Å²) in [7, 11) is 0. The number of nitrogens with zero attached hydrogens (tertiary/aromatic N) is 1. The Morgan fingerprint density at radius 2 is 2.00 bits per heavy atom. The van der Waals surface area contributed by atoms with Crippen molar-refractivity contribution < 1.29 is 0 Å². The van der Waals surface area contributed by atoms with Crippen molar-refractivity contribution in [3.8, 4) is 10.6 Å². The lowest BCUT2D eigenvalue weighted by atomic mass is 10.2. The zero-order valence-corrected chi connectivity index (χ0v) is 6.97. The maximum atomic E-state index is 10.7. The van der Waals surface area contributed by atoms with E-state index in [0.717, 1.165) is 10.6 Å². The van der Waals surface area contributed by atoms with E-state index in [-0.39, 0.29) is 5.69 Å². The first-order chi connectivity index (χ1) is 5.86. The minimum absolute atomic E-state index is 0.279. The molecule has 60 valence electrons. The summed E-state index contributed by atoms with van der Waals surface area (Å²) in [5.74, 6) is 0. The fourth-order valence-corrected chi connectivity index (χ4v) is 1.55. The predicted octanol–water partition coefficient (Wildman–Crippen LogP) is 1.50. The van der Waals surface area contributed by atoms with Crippen LogP contribution in [0.5, 0.6) is 0 Å². The molecular weight excluding hydrogens is 172 g/mol. The molecule has 0 spiro atoms. The lowest BCUT2D eigenvalue weighted by Crippen LogP contribution is -1.99. The summed E-state index contributed by atoms with van der Waals surface area (Å²) in [6.07, 6.45) is 0. The van der Waals surface area contributed by atoms with Crippen molar-refractivity contribution in [1.29, 1.82) is 0 Å². The lowest BCUT2D eigenvalue weighted by molar-refractivity contribution is 1.21. The third-order valence-electron chi connectivity index (χ3n) is 1.46. The Labute approximate surface area is 72.9 Å². The van der Waals surface area contributed by atoms with Crippen LogP contribution in [0.15, 0.2) is 35.1 Å². The zero-order chi connectivity index (χ0) is 8.39. The molecule has 0 saturated carbocycles. The average molecular weight is 178 g/mol. The molecule has 0 atom stereocenters. The molecule has 1 N–H and O–H groups in total. The van der Waals surface area contributed by atoms with Crippen molar-refractivity contribution in [1.82, 2.24) is 9.36 Å². The Bertz CT molecular complexity index is 418. The summed E-state index contributed by atoms with van der Waals surface area (Å²) in [4.78, 5) is 14.5. The Kier molecular flexibility index (Phi) is 1.75. The minimum Gasteiger partial charge on any atom is -0.259 e. The first-order valence-corrected chi connectivity index (χ1v) is 4.29. The molecule has 12 heavy (non-hydrogen) atoms. The molecule has 0 amide bonds. The number of nitrogens with one attached hydrogen (secondary N) is 1. The Balaban J connectivity index is 2.51. The molecule has 2 rings (SSSR count). The molecule has 1 heterocycles. The van der Waals surface area contributed by atoms with Crippen LogP contribution in [0.2, 0.25) is 0 Å². The van der Waals surface area contributed by atoms with Gasteiger partial charge in [0.15, 0.2) is 0 Å². The first-order valence-electron chi connectivity index (χ1n) is 3.47. The van der Waals surface area contributed by atoms with E-state index < -0.39 is 0 Å². The molecule has 0 radical (unpaired) electrons. The summed E-state index contributed by atoms with van der Waals surface area (Å²) in [5, 5.41) is 0.737. The van der Waals surface area contributed by atoms with Crippen LogP contribution in [-0.4, -0.2) is 9.36 Å². The molecule has 0 aliphatic carbocycles. The van der Waals surface area contributed by atoms with Crippen LogP contribution in [0.3, 0.4) is 0 Å². The maximum absolute atomic E-state index is 10.7. The third-order valence-corrected chi connectivity index (χ3v) is 2.26. The molecular formula is C8H6N2OS. The Hall–Kier alpha value is -1.42. The van der Waals surface area contributed by atoms with Gasteiger partial charge >= 0.3 is 5.69 Å². The Morgan fingerprint density at radius 3 is 2.58 bits per heavy atom. The van der Waals surface area contributed by atoms with Gasteiger partial charge in [0.2, 0.25) is 0 Å². The fraction of sp³-hybridized carbons (Fsp3) is 0. The molecule has 2 aromatic rings. The van der Waals surface area contributed by atoms with Gasteiger partial charge in [-0.25, -0.2) is 4.79 Å². The molecule has 0 bridgehead atoms. The van der Waals surface area contributed by atoms with Gasteiger partial charge in [-0.2, -0.15) is 4.98 Å². The highest BCUT2D eigenvalue weighted by molar-refractivity contribution is 7.09. The van der Waals surface area contributed by atoms with Gasteiger partial charge in [-0.15, -0.1) is 0 Å². The van der Waals surface area contributed by atoms with Crippen LogP contribution in [0, 0.1) is 0 Å². The molecule has 0 unspecified atom stereocenters. The summed E-state index contributed by atoms with van der Waals surface area (Å²) >= 11 is 1.25. The van der Waals surface area contributed by atoms with Crippen LogP contribution in [0.1, 0.15) is 0 Å². The predicted molar refractivity (Wildman–Crippen MR) is 48.2 cm³/mol. The first kappa shape index (κ1) is 7.24. The van der Waals surface area contributed by atoms with Gasteiger partial charge in [0, 0.05) is 5.56 Å². The van der Waals surface area contributed by atoms with Gasteiger partial charge < -0.3 is 0 Å². The second-order valence-electron chi connectivity index (χ2n) is 2.29. The van der Waals surface area contributed by atoms with Crippen LogP contribution >= 0.6 is 11.5 Å². The number of hydrogen-bond donors (Lipinski definition) is 1. The van der Waals surface area contributed by atoms with E-state index in [0.29, 0.717) is 0 Å².